The summed E-state index contributed by atoms with van der Waals surface area (Å²) in [7, 11) is 1.63. The zero-order chi connectivity index (χ0) is 20.6. The molecule has 0 saturated carbocycles. The number of hydrogen-bond acceptors (Lipinski definition) is 3. The van der Waals surface area contributed by atoms with Crippen molar-refractivity contribution in [3.63, 3.8) is 0 Å². The average Bonchev–Trinajstić information content (AvgIpc) is 3.16. The van der Waals surface area contributed by atoms with Crippen LogP contribution in [-0.2, 0) is 6.42 Å². The number of aliphatic imine (C=N–C) groups is 1. The number of aromatic nitrogens is 1. The maximum Gasteiger partial charge on any atom is 0.191 e. The van der Waals surface area contributed by atoms with Gasteiger partial charge >= 0.3 is 0 Å². The summed E-state index contributed by atoms with van der Waals surface area (Å²) in [6, 6.07) is 13.7. The second kappa shape index (κ2) is 11.8. The molecule has 1 aromatic heterocycles. The van der Waals surface area contributed by atoms with E-state index >= 15 is 0 Å². The minimum Gasteiger partial charge on any atom is -0.497 e. The molecule has 3 rings (SSSR count). The summed E-state index contributed by atoms with van der Waals surface area (Å²) in [5, 5.41) is 18.3. The molecule has 7 heteroatoms. The minimum atomic E-state index is -0.660. The maximum absolute atomic E-state index is 10.4. The Morgan fingerprint density at radius 2 is 1.93 bits per heavy atom. The van der Waals surface area contributed by atoms with Crippen LogP contribution in [0.15, 0.2) is 53.7 Å². The van der Waals surface area contributed by atoms with Gasteiger partial charge in [-0.1, -0.05) is 24.3 Å². The van der Waals surface area contributed by atoms with Crippen LogP contribution in [0.5, 0.6) is 5.75 Å². The van der Waals surface area contributed by atoms with Gasteiger partial charge < -0.3 is 25.5 Å². The molecule has 3 aromatic rings. The Balaban J connectivity index is 0.00000320. The van der Waals surface area contributed by atoms with Gasteiger partial charge in [0.15, 0.2) is 5.96 Å². The first-order chi connectivity index (χ1) is 14.1. The molecular formula is C23H31IN4O2. The van der Waals surface area contributed by atoms with Gasteiger partial charge in [-0.25, -0.2) is 0 Å². The Morgan fingerprint density at radius 1 is 1.17 bits per heavy atom. The number of aliphatic hydroxyl groups excluding tert-OH is 1. The molecule has 4 N–H and O–H groups in total. The molecule has 0 spiro atoms. The molecule has 1 unspecified atom stereocenters. The molecular weight excluding hydrogens is 491 g/mol. The normalized spacial score (nSPS) is 12.3. The van der Waals surface area contributed by atoms with Gasteiger partial charge in [0.25, 0.3) is 0 Å². The molecule has 0 aliphatic carbocycles. The zero-order valence-corrected chi connectivity index (χ0v) is 20.1. The molecule has 0 aliphatic heterocycles. The maximum atomic E-state index is 10.4. The van der Waals surface area contributed by atoms with Gasteiger partial charge in [0, 0.05) is 30.2 Å². The van der Waals surface area contributed by atoms with Crippen LogP contribution in [0, 0.1) is 6.92 Å². The van der Waals surface area contributed by atoms with Crippen molar-refractivity contribution in [2.24, 2.45) is 4.99 Å². The van der Waals surface area contributed by atoms with Crippen LogP contribution in [0.2, 0.25) is 0 Å². The summed E-state index contributed by atoms with van der Waals surface area (Å²) in [4.78, 5) is 7.88. The summed E-state index contributed by atoms with van der Waals surface area (Å²) < 4.78 is 5.16. The lowest BCUT2D eigenvalue weighted by atomic mass is 10.1. The summed E-state index contributed by atoms with van der Waals surface area (Å²) in [5.74, 6) is 1.48. The number of guanidine groups is 1. The number of aliphatic hydroxyl groups is 1. The molecule has 0 amide bonds. The first-order valence-corrected chi connectivity index (χ1v) is 10.0. The van der Waals surface area contributed by atoms with Crippen LogP contribution in [0.1, 0.15) is 29.7 Å². The van der Waals surface area contributed by atoms with Crippen molar-refractivity contribution in [2.75, 3.05) is 26.7 Å². The molecule has 1 heterocycles. The molecule has 0 aliphatic rings. The van der Waals surface area contributed by atoms with E-state index in [4.69, 9.17) is 4.74 Å². The summed E-state index contributed by atoms with van der Waals surface area (Å²) in [6.07, 6.45) is 2.31. The first kappa shape index (κ1) is 24.0. The third kappa shape index (κ3) is 6.12. The molecule has 6 nitrogen and oxygen atoms in total. The van der Waals surface area contributed by atoms with Crippen LogP contribution >= 0.6 is 24.0 Å². The first-order valence-electron chi connectivity index (χ1n) is 10.0. The van der Waals surface area contributed by atoms with Crippen LogP contribution in [0.25, 0.3) is 10.9 Å². The number of nitrogens with one attached hydrogen (secondary N) is 3. The molecule has 0 fully saturated rings. The smallest absolute Gasteiger partial charge is 0.191 e. The van der Waals surface area contributed by atoms with E-state index < -0.39 is 6.10 Å². The van der Waals surface area contributed by atoms with E-state index in [0.717, 1.165) is 30.8 Å². The van der Waals surface area contributed by atoms with E-state index in [1.807, 2.05) is 31.2 Å². The average molecular weight is 522 g/mol. The van der Waals surface area contributed by atoms with Crippen molar-refractivity contribution in [3.8, 4) is 5.75 Å². The number of benzene rings is 2. The van der Waals surface area contributed by atoms with Gasteiger partial charge in [-0.05, 0) is 55.2 Å². The number of H-pyrrole nitrogens is 1. The summed E-state index contributed by atoms with van der Waals surface area (Å²) >= 11 is 0. The number of halogens is 1. The second-order valence-electron chi connectivity index (χ2n) is 7.00. The number of aromatic amines is 1. The minimum absolute atomic E-state index is 0. The lowest BCUT2D eigenvalue weighted by Gasteiger charge is -2.13. The van der Waals surface area contributed by atoms with Gasteiger partial charge in [-0.2, -0.15) is 0 Å². The third-order valence-electron chi connectivity index (χ3n) is 4.95. The topological polar surface area (TPSA) is 81.7 Å². The quantitative estimate of drug-likeness (QED) is 0.205. The standard InChI is InChI=1S/C23H30N4O2.HI/c1-4-24-23(27-15-21(28)17-8-10-19(29-3)11-9-17)25-13-12-18-14-26-20-7-5-6-16(2)22(18)20;/h5-11,14,21,26,28H,4,12-13,15H2,1-3H3,(H2,24,25,27);1H. The van der Waals surface area contributed by atoms with Gasteiger partial charge in [0.2, 0.25) is 0 Å². The number of aryl methyl sites for hydroxylation is 1. The van der Waals surface area contributed by atoms with Gasteiger partial charge in [0.1, 0.15) is 5.75 Å². The van der Waals surface area contributed by atoms with Crippen molar-refractivity contribution in [2.45, 2.75) is 26.4 Å². The molecule has 2 aromatic carbocycles. The Labute approximate surface area is 195 Å². The van der Waals surface area contributed by atoms with Crippen LogP contribution in [-0.4, -0.2) is 42.8 Å². The second-order valence-corrected chi connectivity index (χ2v) is 7.00. The summed E-state index contributed by atoms with van der Waals surface area (Å²) in [5.41, 5.74) is 4.56. The molecule has 162 valence electrons. The van der Waals surface area contributed by atoms with Crippen LogP contribution in [0.3, 0.4) is 0 Å². The zero-order valence-electron chi connectivity index (χ0n) is 17.7. The predicted octanol–water partition coefficient (Wildman–Crippen LogP) is 3.93. The number of nitrogens with zero attached hydrogens (tertiary/aromatic N) is 1. The van der Waals surface area contributed by atoms with Crippen LogP contribution in [0.4, 0.5) is 0 Å². The Bertz CT molecular complexity index is 953. The largest absolute Gasteiger partial charge is 0.497 e. The Kier molecular flexibility index (Phi) is 9.45. The lowest BCUT2D eigenvalue weighted by molar-refractivity contribution is 0.187. The van der Waals surface area contributed by atoms with Gasteiger partial charge in [-0.15, -0.1) is 24.0 Å². The van der Waals surface area contributed by atoms with Crippen molar-refractivity contribution < 1.29 is 9.84 Å². The third-order valence-corrected chi connectivity index (χ3v) is 4.95. The van der Waals surface area contributed by atoms with Gasteiger partial charge in [-0.3, -0.25) is 4.99 Å². The highest BCUT2D eigenvalue weighted by Crippen LogP contribution is 2.22. The molecule has 0 radical (unpaired) electrons. The van der Waals surface area contributed by atoms with E-state index in [1.54, 1.807) is 7.11 Å². The van der Waals surface area contributed by atoms with Crippen LogP contribution < -0.4 is 15.4 Å². The molecule has 30 heavy (non-hydrogen) atoms. The monoisotopic (exact) mass is 522 g/mol. The fraction of sp³-hybridized carbons (Fsp3) is 0.348. The predicted molar refractivity (Wildman–Crippen MR) is 134 cm³/mol. The summed E-state index contributed by atoms with van der Waals surface area (Å²) in [6.45, 7) is 5.97. The fourth-order valence-corrected chi connectivity index (χ4v) is 3.42. The van der Waals surface area contributed by atoms with Crippen molar-refractivity contribution in [1.29, 1.82) is 0 Å². The van der Waals surface area contributed by atoms with E-state index in [0.29, 0.717) is 5.96 Å². The Hall–Kier alpha value is -2.26. The molecule has 0 bridgehead atoms. The Morgan fingerprint density at radius 3 is 2.63 bits per heavy atom. The van der Waals surface area contributed by atoms with E-state index in [-0.39, 0.29) is 30.5 Å². The lowest BCUT2D eigenvalue weighted by Crippen LogP contribution is -2.38. The highest BCUT2D eigenvalue weighted by atomic mass is 127. The number of ether oxygens (including phenoxy) is 1. The highest BCUT2D eigenvalue weighted by molar-refractivity contribution is 14.0. The van der Waals surface area contributed by atoms with Crippen molar-refractivity contribution >= 4 is 40.8 Å². The van der Waals surface area contributed by atoms with E-state index in [1.165, 1.54) is 22.0 Å². The molecule has 1 atom stereocenters. The fourth-order valence-electron chi connectivity index (χ4n) is 3.42. The number of rotatable bonds is 8. The highest BCUT2D eigenvalue weighted by Gasteiger charge is 2.09. The number of fused-ring (bicyclic) bond motifs is 1. The molecule has 0 saturated heterocycles. The van der Waals surface area contributed by atoms with Crippen molar-refractivity contribution in [1.82, 2.24) is 15.6 Å². The van der Waals surface area contributed by atoms with Crippen molar-refractivity contribution in [3.05, 3.63) is 65.4 Å². The van der Waals surface area contributed by atoms with Gasteiger partial charge in [0.05, 0.1) is 19.8 Å². The SMILES string of the molecule is CCNC(=NCC(O)c1ccc(OC)cc1)NCCc1c[nH]c2cccc(C)c12.I. The number of methoxy groups -OCH3 is 1. The van der Waals surface area contributed by atoms with E-state index in [9.17, 15) is 5.11 Å². The number of hydrogen-bond donors (Lipinski definition) is 4. The van der Waals surface area contributed by atoms with E-state index in [2.05, 4.69) is 51.9 Å².